The van der Waals surface area contributed by atoms with E-state index in [-0.39, 0.29) is 11.9 Å². The van der Waals surface area contributed by atoms with Crippen LogP contribution in [0.25, 0.3) is 0 Å². The number of hydrogen-bond acceptors (Lipinski definition) is 3. The van der Waals surface area contributed by atoms with Gasteiger partial charge in [-0.1, -0.05) is 28.1 Å². The number of benzene rings is 1. The molecule has 2 N–H and O–H groups in total. The molecule has 1 saturated heterocycles. The summed E-state index contributed by atoms with van der Waals surface area (Å²) in [6.45, 7) is 3.29. The summed E-state index contributed by atoms with van der Waals surface area (Å²) in [6, 6.07) is 8.13. The lowest BCUT2D eigenvalue weighted by molar-refractivity contribution is -0.126. The third-order valence-electron chi connectivity index (χ3n) is 3.42. The van der Waals surface area contributed by atoms with Crippen LogP contribution in [0.4, 0.5) is 0 Å². The lowest BCUT2D eigenvalue weighted by Crippen LogP contribution is -2.56. The molecule has 2 rings (SSSR count). The first-order chi connectivity index (χ1) is 9.16. The van der Waals surface area contributed by atoms with Crippen molar-refractivity contribution < 1.29 is 4.79 Å². The number of halogens is 1. The molecule has 104 valence electrons. The van der Waals surface area contributed by atoms with Crippen molar-refractivity contribution in [2.75, 3.05) is 33.2 Å². The molecule has 1 atom stereocenters. The van der Waals surface area contributed by atoms with Gasteiger partial charge in [-0.25, -0.2) is 0 Å². The Morgan fingerprint density at radius 1 is 1.58 bits per heavy atom. The van der Waals surface area contributed by atoms with E-state index in [0.29, 0.717) is 6.54 Å². The lowest BCUT2D eigenvalue weighted by Gasteiger charge is -2.31. The largest absolute Gasteiger partial charge is 0.354 e. The van der Waals surface area contributed by atoms with Crippen LogP contribution in [0.2, 0.25) is 0 Å². The smallest absolute Gasteiger partial charge is 0.238 e. The van der Waals surface area contributed by atoms with Gasteiger partial charge in [-0.05, 0) is 31.2 Å². The maximum absolute atomic E-state index is 12.1. The molecular weight excluding hydrogens is 306 g/mol. The zero-order valence-electron chi connectivity index (χ0n) is 11.2. The van der Waals surface area contributed by atoms with Gasteiger partial charge in [-0.2, -0.15) is 0 Å². The quantitative estimate of drug-likeness (QED) is 0.868. The predicted octanol–water partition coefficient (Wildman–Crippen LogP) is 1.01. The Balaban J connectivity index is 1.77. The lowest BCUT2D eigenvalue weighted by atomic mass is 10.1. The molecule has 1 aromatic rings. The fourth-order valence-electron chi connectivity index (χ4n) is 2.24. The first-order valence-electron chi connectivity index (χ1n) is 6.60. The number of hydrogen-bond donors (Lipinski definition) is 2. The van der Waals surface area contributed by atoms with Gasteiger partial charge < -0.3 is 10.6 Å². The minimum Gasteiger partial charge on any atom is -0.354 e. The maximum atomic E-state index is 12.1. The normalized spacial score (nSPS) is 20.2. The number of amides is 1. The van der Waals surface area contributed by atoms with Crippen LogP contribution in [0.3, 0.4) is 0 Å². The number of nitrogens with one attached hydrogen (secondary N) is 2. The van der Waals surface area contributed by atoms with Gasteiger partial charge in [0.25, 0.3) is 0 Å². The zero-order valence-corrected chi connectivity index (χ0v) is 12.7. The Labute approximate surface area is 122 Å². The monoisotopic (exact) mass is 325 g/mol. The van der Waals surface area contributed by atoms with Gasteiger partial charge in [-0.3, -0.25) is 9.69 Å². The number of carbonyl (C=O) groups is 1. The molecule has 4 nitrogen and oxygen atoms in total. The van der Waals surface area contributed by atoms with E-state index in [1.54, 1.807) is 0 Å². The van der Waals surface area contributed by atoms with Crippen molar-refractivity contribution in [3.8, 4) is 0 Å². The Hall–Kier alpha value is -0.910. The van der Waals surface area contributed by atoms with E-state index in [4.69, 9.17) is 0 Å². The molecule has 0 aromatic heterocycles. The first-order valence-corrected chi connectivity index (χ1v) is 7.39. The predicted molar refractivity (Wildman–Crippen MR) is 80.1 cm³/mol. The molecule has 1 unspecified atom stereocenters. The second-order valence-corrected chi connectivity index (χ2v) is 5.79. The van der Waals surface area contributed by atoms with Crippen molar-refractivity contribution in [3.63, 3.8) is 0 Å². The van der Waals surface area contributed by atoms with Crippen LogP contribution in [0, 0.1) is 0 Å². The van der Waals surface area contributed by atoms with E-state index in [9.17, 15) is 4.79 Å². The molecule has 1 aromatic carbocycles. The molecule has 0 saturated carbocycles. The molecule has 0 spiro atoms. The van der Waals surface area contributed by atoms with Crippen LogP contribution < -0.4 is 10.6 Å². The molecule has 5 heteroatoms. The molecule has 1 fully saturated rings. The molecular formula is C14H20BrN3O. The van der Waals surface area contributed by atoms with E-state index >= 15 is 0 Å². The van der Waals surface area contributed by atoms with Crippen molar-refractivity contribution >= 4 is 21.8 Å². The van der Waals surface area contributed by atoms with Crippen LogP contribution in [0.5, 0.6) is 0 Å². The summed E-state index contributed by atoms with van der Waals surface area (Å²) in [7, 11) is 2.00. The van der Waals surface area contributed by atoms with Crippen LogP contribution in [-0.2, 0) is 11.2 Å². The number of likely N-dealkylation sites (N-methyl/N-ethyl adjacent to an activating group) is 1. The molecule has 19 heavy (non-hydrogen) atoms. The Kier molecular flexibility index (Phi) is 5.36. The minimum atomic E-state index is -0.0451. The van der Waals surface area contributed by atoms with Gasteiger partial charge in [0.2, 0.25) is 5.91 Å². The van der Waals surface area contributed by atoms with Crippen LogP contribution in [-0.4, -0.2) is 50.1 Å². The van der Waals surface area contributed by atoms with Crippen molar-refractivity contribution in [3.05, 3.63) is 34.3 Å². The summed E-state index contributed by atoms with van der Waals surface area (Å²) in [5.41, 5.74) is 1.23. The number of rotatable bonds is 4. The second kappa shape index (κ2) is 7.03. The standard InChI is InChI=1S/C14H20BrN3O/c1-18-8-7-16-10-13(18)14(19)17-6-5-11-3-2-4-12(15)9-11/h2-4,9,13,16H,5-8,10H2,1H3,(H,17,19). The molecule has 0 bridgehead atoms. The van der Waals surface area contributed by atoms with Gasteiger partial charge in [0.15, 0.2) is 0 Å². The summed E-state index contributed by atoms with van der Waals surface area (Å²) >= 11 is 3.45. The Morgan fingerprint density at radius 3 is 3.16 bits per heavy atom. The summed E-state index contributed by atoms with van der Waals surface area (Å²) < 4.78 is 1.08. The van der Waals surface area contributed by atoms with Crippen LogP contribution >= 0.6 is 15.9 Å². The molecule has 1 amide bonds. The highest BCUT2D eigenvalue weighted by Gasteiger charge is 2.24. The highest BCUT2D eigenvalue weighted by atomic mass is 79.9. The molecule has 0 radical (unpaired) electrons. The van der Waals surface area contributed by atoms with Crippen molar-refractivity contribution in [2.45, 2.75) is 12.5 Å². The third-order valence-corrected chi connectivity index (χ3v) is 3.91. The fraction of sp³-hybridized carbons (Fsp3) is 0.500. The topological polar surface area (TPSA) is 44.4 Å². The van der Waals surface area contributed by atoms with E-state index in [1.165, 1.54) is 5.56 Å². The Bertz CT molecular complexity index is 438. The van der Waals surface area contributed by atoms with Crippen molar-refractivity contribution in [1.29, 1.82) is 0 Å². The van der Waals surface area contributed by atoms with Crippen LogP contribution in [0.1, 0.15) is 5.56 Å². The van der Waals surface area contributed by atoms with E-state index in [0.717, 1.165) is 30.5 Å². The third kappa shape index (κ3) is 4.30. The highest BCUT2D eigenvalue weighted by Crippen LogP contribution is 2.11. The number of carbonyl (C=O) groups excluding carboxylic acids is 1. The SMILES string of the molecule is CN1CCNCC1C(=O)NCCc1cccc(Br)c1. The maximum Gasteiger partial charge on any atom is 0.238 e. The summed E-state index contributed by atoms with van der Waals surface area (Å²) in [4.78, 5) is 14.2. The van der Waals surface area contributed by atoms with Gasteiger partial charge in [-0.15, -0.1) is 0 Å². The van der Waals surface area contributed by atoms with E-state index in [2.05, 4.69) is 43.6 Å². The van der Waals surface area contributed by atoms with Crippen LogP contribution in [0.15, 0.2) is 28.7 Å². The van der Waals surface area contributed by atoms with E-state index < -0.39 is 0 Å². The first kappa shape index (κ1) is 14.5. The average molecular weight is 326 g/mol. The fourth-order valence-corrected chi connectivity index (χ4v) is 2.69. The molecule has 1 aliphatic rings. The summed E-state index contributed by atoms with van der Waals surface area (Å²) in [5, 5.41) is 6.27. The molecule has 1 heterocycles. The van der Waals surface area contributed by atoms with Gasteiger partial charge in [0.1, 0.15) is 6.04 Å². The zero-order chi connectivity index (χ0) is 13.7. The number of nitrogens with zero attached hydrogens (tertiary/aromatic N) is 1. The number of piperazine rings is 1. The molecule has 1 aliphatic heterocycles. The highest BCUT2D eigenvalue weighted by molar-refractivity contribution is 9.10. The van der Waals surface area contributed by atoms with E-state index in [1.807, 2.05) is 19.2 Å². The minimum absolute atomic E-state index is 0.0451. The van der Waals surface area contributed by atoms with Gasteiger partial charge in [0.05, 0.1) is 0 Å². The summed E-state index contributed by atoms with van der Waals surface area (Å²) in [5.74, 6) is 0.115. The van der Waals surface area contributed by atoms with Gasteiger partial charge >= 0.3 is 0 Å². The van der Waals surface area contributed by atoms with Crippen molar-refractivity contribution in [1.82, 2.24) is 15.5 Å². The van der Waals surface area contributed by atoms with Crippen molar-refractivity contribution in [2.24, 2.45) is 0 Å². The van der Waals surface area contributed by atoms with Gasteiger partial charge in [0, 0.05) is 30.7 Å². The molecule has 0 aliphatic carbocycles. The second-order valence-electron chi connectivity index (χ2n) is 4.87. The Morgan fingerprint density at radius 2 is 2.42 bits per heavy atom. The summed E-state index contributed by atoms with van der Waals surface area (Å²) in [6.07, 6.45) is 0.856. The average Bonchev–Trinajstić information content (AvgIpc) is 2.39.